The summed E-state index contributed by atoms with van der Waals surface area (Å²) in [5.74, 6) is 0.0978. The molecule has 1 aromatic carbocycles. The van der Waals surface area contributed by atoms with Crippen LogP contribution in [0.2, 0.25) is 0 Å². The molecule has 0 aliphatic heterocycles. The molecule has 0 aromatic heterocycles. The second kappa shape index (κ2) is 7.44. The number of nitrogens with one attached hydrogen (secondary N) is 1. The number of rotatable bonds is 6. The molecule has 1 aromatic rings. The highest BCUT2D eigenvalue weighted by atomic mass is 16.2. The summed E-state index contributed by atoms with van der Waals surface area (Å²) in [6.45, 7) is 13.5. The van der Waals surface area contributed by atoms with Crippen molar-refractivity contribution in [1.29, 1.82) is 0 Å². The summed E-state index contributed by atoms with van der Waals surface area (Å²) in [5, 5.41) is 2.84. The van der Waals surface area contributed by atoms with Crippen molar-refractivity contribution < 1.29 is 4.79 Å². The van der Waals surface area contributed by atoms with Gasteiger partial charge in [0.05, 0.1) is 6.54 Å². The van der Waals surface area contributed by atoms with Crippen molar-refractivity contribution in [2.24, 2.45) is 0 Å². The molecule has 0 aliphatic carbocycles. The van der Waals surface area contributed by atoms with Gasteiger partial charge in [-0.1, -0.05) is 52.0 Å². The smallest absolute Gasteiger partial charge is 0.234 e. The number of hydrogen-bond acceptors (Lipinski definition) is 2. The van der Waals surface area contributed by atoms with Gasteiger partial charge >= 0.3 is 0 Å². The summed E-state index contributed by atoms with van der Waals surface area (Å²) >= 11 is 0. The van der Waals surface area contributed by atoms with E-state index in [1.807, 2.05) is 6.92 Å². The monoisotopic (exact) mass is 276 g/mol. The first-order valence-corrected chi connectivity index (χ1v) is 7.45. The van der Waals surface area contributed by atoms with Crippen LogP contribution in [0.4, 0.5) is 0 Å². The van der Waals surface area contributed by atoms with Crippen LogP contribution in [0.25, 0.3) is 0 Å². The maximum Gasteiger partial charge on any atom is 0.234 e. The van der Waals surface area contributed by atoms with E-state index in [0.717, 1.165) is 13.1 Å². The number of nitrogens with zero attached hydrogens (tertiary/aromatic N) is 1. The third-order valence-corrected chi connectivity index (χ3v) is 3.41. The zero-order valence-corrected chi connectivity index (χ0v) is 13.5. The first-order chi connectivity index (χ1) is 9.36. The lowest BCUT2D eigenvalue weighted by Crippen LogP contribution is -2.36. The molecule has 0 aliphatic rings. The summed E-state index contributed by atoms with van der Waals surface area (Å²) in [5.41, 5.74) is 2.78. The van der Waals surface area contributed by atoms with E-state index >= 15 is 0 Å². The first kappa shape index (κ1) is 16.7. The quantitative estimate of drug-likeness (QED) is 0.866. The van der Waals surface area contributed by atoms with Crippen LogP contribution in [-0.2, 0) is 16.8 Å². The minimum atomic E-state index is 0.0978. The van der Waals surface area contributed by atoms with E-state index in [2.05, 4.69) is 62.2 Å². The molecule has 0 spiro atoms. The van der Waals surface area contributed by atoms with Crippen molar-refractivity contribution in [3.63, 3.8) is 0 Å². The standard InChI is InChI=1S/C17H28N2O/c1-6-18-16(20)13-19(7-2)12-14-8-10-15(11-9-14)17(3,4)5/h8-11H,6-7,12-13H2,1-5H3,(H,18,20). The molecule has 20 heavy (non-hydrogen) atoms. The van der Waals surface area contributed by atoms with Crippen molar-refractivity contribution in [2.45, 2.75) is 46.6 Å². The van der Waals surface area contributed by atoms with Crippen LogP contribution >= 0.6 is 0 Å². The molecule has 0 heterocycles. The van der Waals surface area contributed by atoms with Gasteiger partial charge in [-0.15, -0.1) is 0 Å². The highest BCUT2D eigenvalue weighted by molar-refractivity contribution is 5.77. The lowest BCUT2D eigenvalue weighted by atomic mass is 9.87. The van der Waals surface area contributed by atoms with Gasteiger partial charge in [-0.2, -0.15) is 0 Å². The van der Waals surface area contributed by atoms with Crippen molar-refractivity contribution in [3.8, 4) is 0 Å². The minimum absolute atomic E-state index is 0.0978. The van der Waals surface area contributed by atoms with Gasteiger partial charge in [0, 0.05) is 13.1 Å². The zero-order valence-electron chi connectivity index (χ0n) is 13.5. The van der Waals surface area contributed by atoms with Crippen LogP contribution in [0.1, 0.15) is 45.7 Å². The molecule has 0 saturated carbocycles. The molecule has 112 valence electrons. The molecule has 0 atom stereocenters. The molecular weight excluding hydrogens is 248 g/mol. The fourth-order valence-corrected chi connectivity index (χ4v) is 2.10. The lowest BCUT2D eigenvalue weighted by Gasteiger charge is -2.22. The second-order valence-electron chi connectivity index (χ2n) is 6.20. The van der Waals surface area contributed by atoms with Crippen LogP contribution in [0.3, 0.4) is 0 Å². The lowest BCUT2D eigenvalue weighted by molar-refractivity contribution is -0.122. The Morgan fingerprint density at radius 3 is 2.20 bits per heavy atom. The van der Waals surface area contributed by atoms with Crippen LogP contribution < -0.4 is 5.32 Å². The van der Waals surface area contributed by atoms with Crippen LogP contribution in [0.15, 0.2) is 24.3 Å². The van der Waals surface area contributed by atoms with Gasteiger partial charge in [-0.25, -0.2) is 0 Å². The van der Waals surface area contributed by atoms with E-state index in [9.17, 15) is 4.79 Å². The Hall–Kier alpha value is -1.35. The van der Waals surface area contributed by atoms with E-state index in [0.29, 0.717) is 13.1 Å². The molecule has 3 heteroatoms. The van der Waals surface area contributed by atoms with E-state index < -0.39 is 0 Å². The van der Waals surface area contributed by atoms with E-state index in [1.165, 1.54) is 11.1 Å². The number of likely N-dealkylation sites (N-methyl/N-ethyl adjacent to an activating group) is 2. The van der Waals surface area contributed by atoms with E-state index in [-0.39, 0.29) is 11.3 Å². The Balaban J connectivity index is 2.64. The molecule has 1 amide bonds. The van der Waals surface area contributed by atoms with Gasteiger partial charge in [0.1, 0.15) is 0 Å². The minimum Gasteiger partial charge on any atom is -0.355 e. The molecule has 0 radical (unpaired) electrons. The molecular formula is C17H28N2O. The SMILES string of the molecule is CCNC(=O)CN(CC)Cc1ccc(C(C)(C)C)cc1. The van der Waals surface area contributed by atoms with Crippen LogP contribution in [-0.4, -0.2) is 30.4 Å². The fraction of sp³-hybridized carbons (Fsp3) is 0.588. The van der Waals surface area contributed by atoms with Gasteiger partial charge in [0.2, 0.25) is 5.91 Å². The van der Waals surface area contributed by atoms with E-state index in [4.69, 9.17) is 0 Å². The molecule has 1 N–H and O–H groups in total. The third kappa shape index (κ3) is 5.33. The molecule has 1 rings (SSSR count). The predicted molar refractivity (Wildman–Crippen MR) is 84.8 cm³/mol. The number of amides is 1. The summed E-state index contributed by atoms with van der Waals surface area (Å²) in [7, 11) is 0. The summed E-state index contributed by atoms with van der Waals surface area (Å²) in [6, 6.07) is 8.71. The van der Waals surface area contributed by atoms with Crippen molar-refractivity contribution >= 4 is 5.91 Å². The Morgan fingerprint density at radius 1 is 1.15 bits per heavy atom. The maximum absolute atomic E-state index is 11.6. The topological polar surface area (TPSA) is 32.3 Å². The van der Waals surface area contributed by atoms with Gasteiger partial charge in [0.25, 0.3) is 0 Å². The number of benzene rings is 1. The molecule has 3 nitrogen and oxygen atoms in total. The second-order valence-corrected chi connectivity index (χ2v) is 6.20. The average molecular weight is 276 g/mol. The van der Waals surface area contributed by atoms with Gasteiger partial charge in [-0.05, 0) is 30.0 Å². The summed E-state index contributed by atoms with van der Waals surface area (Å²) < 4.78 is 0. The van der Waals surface area contributed by atoms with Crippen molar-refractivity contribution in [3.05, 3.63) is 35.4 Å². The van der Waals surface area contributed by atoms with Crippen molar-refractivity contribution in [1.82, 2.24) is 10.2 Å². The van der Waals surface area contributed by atoms with Gasteiger partial charge in [0.15, 0.2) is 0 Å². The highest BCUT2D eigenvalue weighted by Gasteiger charge is 2.14. The van der Waals surface area contributed by atoms with E-state index in [1.54, 1.807) is 0 Å². The Labute approximate surface area is 123 Å². The summed E-state index contributed by atoms with van der Waals surface area (Å²) in [4.78, 5) is 13.8. The van der Waals surface area contributed by atoms with Gasteiger partial charge in [-0.3, -0.25) is 9.69 Å². The molecule has 0 saturated heterocycles. The third-order valence-electron chi connectivity index (χ3n) is 3.41. The highest BCUT2D eigenvalue weighted by Crippen LogP contribution is 2.22. The Bertz CT molecular complexity index is 418. The molecule has 0 fully saturated rings. The zero-order chi connectivity index (χ0) is 15.2. The number of hydrogen-bond donors (Lipinski definition) is 1. The Kier molecular flexibility index (Phi) is 6.21. The van der Waals surface area contributed by atoms with Crippen LogP contribution in [0.5, 0.6) is 0 Å². The van der Waals surface area contributed by atoms with Gasteiger partial charge < -0.3 is 5.32 Å². The normalized spacial score (nSPS) is 11.7. The molecule has 0 unspecified atom stereocenters. The number of carbonyl (C=O) groups is 1. The largest absolute Gasteiger partial charge is 0.355 e. The van der Waals surface area contributed by atoms with Crippen molar-refractivity contribution in [2.75, 3.05) is 19.6 Å². The Morgan fingerprint density at radius 2 is 1.75 bits per heavy atom. The molecule has 0 bridgehead atoms. The fourth-order valence-electron chi connectivity index (χ4n) is 2.10. The van der Waals surface area contributed by atoms with Crippen LogP contribution in [0, 0.1) is 0 Å². The number of carbonyl (C=O) groups excluding carboxylic acids is 1. The summed E-state index contributed by atoms with van der Waals surface area (Å²) in [6.07, 6.45) is 0. The maximum atomic E-state index is 11.6. The predicted octanol–water partition coefficient (Wildman–Crippen LogP) is 2.94. The first-order valence-electron chi connectivity index (χ1n) is 7.45. The average Bonchev–Trinajstić information content (AvgIpc) is 2.37.